The average molecular weight is 391 g/mol. The zero-order valence-electron chi connectivity index (χ0n) is 16.4. The lowest BCUT2D eigenvalue weighted by molar-refractivity contribution is 0.141. The first-order valence-corrected chi connectivity index (χ1v) is 10.4. The van der Waals surface area contributed by atoms with Crippen LogP contribution in [0.25, 0.3) is 23.0 Å². The third-order valence-corrected chi connectivity index (χ3v) is 5.93. The molecule has 2 amide bonds. The van der Waals surface area contributed by atoms with Gasteiger partial charge in [0.25, 0.3) is 0 Å². The van der Waals surface area contributed by atoms with E-state index in [1.807, 2.05) is 52.5 Å². The number of likely N-dealkylation sites (tertiary alicyclic amines) is 2. The Morgan fingerprint density at radius 2 is 1.72 bits per heavy atom. The van der Waals surface area contributed by atoms with Crippen LogP contribution < -0.4 is 0 Å². The van der Waals surface area contributed by atoms with Crippen LogP contribution in [0.15, 0.2) is 53.4 Å². The molecule has 0 saturated carbocycles. The van der Waals surface area contributed by atoms with Gasteiger partial charge >= 0.3 is 6.03 Å². The Morgan fingerprint density at radius 3 is 2.48 bits per heavy atom. The monoisotopic (exact) mass is 391 g/mol. The van der Waals surface area contributed by atoms with Crippen molar-refractivity contribution in [3.63, 3.8) is 0 Å². The maximum Gasteiger partial charge on any atom is 0.319 e. The number of hydrogen-bond donors (Lipinski definition) is 0. The molecule has 0 bridgehead atoms. The standard InChI is InChI=1S/C22H25N5O2/c28-22(25-11-4-5-12-25)26-13-8-18(9-14-26)27-15-10-23-20(27)19-16-29-21(24-19)17-6-2-1-3-7-17/h1-3,6-7,10,15-16,18H,4-5,8-9,11-14H2. The van der Waals surface area contributed by atoms with Gasteiger partial charge in [-0.3, -0.25) is 0 Å². The molecule has 2 aliphatic heterocycles. The van der Waals surface area contributed by atoms with Crippen LogP contribution in [0.4, 0.5) is 4.79 Å². The van der Waals surface area contributed by atoms with E-state index in [9.17, 15) is 4.79 Å². The Morgan fingerprint density at radius 1 is 1.00 bits per heavy atom. The molecule has 0 spiro atoms. The summed E-state index contributed by atoms with van der Waals surface area (Å²) in [4.78, 5) is 25.8. The lowest BCUT2D eigenvalue weighted by Crippen LogP contribution is -2.45. The van der Waals surface area contributed by atoms with Crippen LogP contribution >= 0.6 is 0 Å². The minimum absolute atomic E-state index is 0.204. The fourth-order valence-electron chi connectivity index (χ4n) is 4.34. The summed E-state index contributed by atoms with van der Waals surface area (Å²) in [5.74, 6) is 1.42. The fraction of sp³-hybridized carbons (Fsp3) is 0.409. The Labute approximate surface area is 170 Å². The minimum Gasteiger partial charge on any atom is -0.444 e. The summed E-state index contributed by atoms with van der Waals surface area (Å²) in [5, 5.41) is 0. The largest absolute Gasteiger partial charge is 0.444 e. The molecule has 0 atom stereocenters. The van der Waals surface area contributed by atoms with Gasteiger partial charge in [-0.2, -0.15) is 0 Å². The van der Waals surface area contributed by atoms with Crippen molar-refractivity contribution < 1.29 is 9.21 Å². The summed E-state index contributed by atoms with van der Waals surface area (Å²) in [6.45, 7) is 3.37. The summed E-state index contributed by atoms with van der Waals surface area (Å²) < 4.78 is 7.88. The molecule has 1 aromatic carbocycles. The van der Waals surface area contributed by atoms with Crippen molar-refractivity contribution in [2.45, 2.75) is 31.7 Å². The average Bonchev–Trinajstić information content (AvgIpc) is 3.55. The van der Waals surface area contributed by atoms with Gasteiger partial charge in [0.2, 0.25) is 5.89 Å². The van der Waals surface area contributed by atoms with Gasteiger partial charge in [0, 0.05) is 50.2 Å². The highest BCUT2D eigenvalue weighted by Gasteiger charge is 2.29. The maximum absolute atomic E-state index is 12.6. The number of rotatable bonds is 3. The van der Waals surface area contributed by atoms with Crippen LogP contribution in [0.1, 0.15) is 31.7 Å². The lowest BCUT2D eigenvalue weighted by Gasteiger charge is -2.35. The molecule has 2 aromatic heterocycles. The Kier molecular flexibility index (Phi) is 4.79. The second-order valence-electron chi connectivity index (χ2n) is 7.76. The molecule has 2 aliphatic rings. The van der Waals surface area contributed by atoms with E-state index in [1.54, 1.807) is 6.26 Å². The van der Waals surface area contributed by atoms with Crippen molar-refractivity contribution >= 4 is 6.03 Å². The van der Waals surface area contributed by atoms with E-state index in [1.165, 1.54) is 0 Å². The summed E-state index contributed by atoms with van der Waals surface area (Å²) in [6, 6.07) is 10.4. The van der Waals surface area contributed by atoms with Gasteiger partial charge in [-0.05, 0) is 37.8 Å². The molecule has 150 valence electrons. The molecule has 0 radical (unpaired) electrons. The SMILES string of the molecule is O=C(N1CCCC1)N1CCC(n2ccnc2-c2coc(-c3ccccc3)n2)CC1. The maximum atomic E-state index is 12.6. The lowest BCUT2D eigenvalue weighted by atomic mass is 10.0. The first kappa shape index (κ1) is 18.0. The third kappa shape index (κ3) is 3.52. The van der Waals surface area contributed by atoms with E-state index >= 15 is 0 Å². The van der Waals surface area contributed by atoms with Crippen LogP contribution in [0.5, 0.6) is 0 Å². The Bertz CT molecular complexity index is 966. The zero-order valence-corrected chi connectivity index (χ0v) is 16.4. The second kappa shape index (κ2) is 7.73. The molecule has 5 rings (SSSR count). The van der Waals surface area contributed by atoms with E-state index < -0.39 is 0 Å². The smallest absolute Gasteiger partial charge is 0.319 e. The molecule has 2 fully saturated rings. The zero-order chi connectivity index (χ0) is 19.6. The fourth-order valence-corrected chi connectivity index (χ4v) is 4.34. The summed E-state index contributed by atoms with van der Waals surface area (Å²) in [5.41, 5.74) is 1.69. The molecule has 7 heteroatoms. The Balaban J connectivity index is 1.29. The van der Waals surface area contributed by atoms with Crippen molar-refractivity contribution in [1.29, 1.82) is 0 Å². The predicted octanol–water partition coefficient (Wildman–Crippen LogP) is 4.06. The summed E-state index contributed by atoms with van der Waals surface area (Å²) in [6.07, 6.45) is 9.60. The topological polar surface area (TPSA) is 67.4 Å². The number of hydrogen-bond acceptors (Lipinski definition) is 4. The highest BCUT2D eigenvalue weighted by Crippen LogP contribution is 2.30. The normalized spacial score (nSPS) is 17.8. The van der Waals surface area contributed by atoms with Crippen molar-refractivity contribution in [1.82, 2.24) is 24.3 Å². The molecule has 0 unspecified atom stereocenters. The number of oxazole rings is 1. The van der Waals surface area contributed by atoms with Crippen molar-refractivity contribution in [2.24, 2.45) is 0 Å². The number of aromatic nitrogens is 3. The minimum atomic E-state index is 0.204. The van der Waals surface area contributed by atoms with Gasteiger partial charge in [0.1, 0.15) is 12.0 Å². The summed E-state index contributed by atoms with van der Waals surface area (Å²) >= 11 is 0. The van der Waals surface area contributed by atoms with Crippen molar-refractivity contribution in [3.8, 4) is 23.0 Å². The number of nitrogens with zero attached hydrogens (tertiary/aromatic N) is 5. The Hall–Kier alpha value is -3.09. The number of imidazole rings is 1. The molecule has 7 nitrogen and oxygen atoms in total. The quantitative estimate of drug-likeness (QED) is 0.675. The molecule has 0 aliphatic carbocycles. The van der Waals surface area contributed by atoms with E-state index in [-0.39, 0.29) is 6.03 Å². The van der Waals surface area contributed by atoms with Crippen molar-refractivity contribution in [2.75, 3.05) is 26.2 Å². The van der Waals surface area contributed by atoms with E-state index in [4.69, 9.17) is 4.42 Å². The van der Waals surface area contributed by atoms with Crippen molar-refractivity contribution in [3.05, 3.63) is 49.0 Å². The number of urea groups is 1. The number of amides is 2. The van der Waals surface area contributed by atoms with Gasteiger partial charge in [-0.25, -0.2) is 14.8 Å². The first-order chi connectivity index (χ1) is 14.3. The molecule has 2 saturated heterocycles. The van der Waals surface area contributed by atoms with E-state index in [2.05, 4.69) is 14.5 Å². The van der Waals surface area contributed by atoms with Crippen LogP contribution in [-0.2, 0) is 0 Å². The van der Waals surface area contributed by atoms with Gasteiger partial charge in [-0.15, -0.1) is 0 Å². The highest BCUT2D eigenvalue weighted by molar-refractivity contribution is 5.74. The van der Waals surface area contributed by atoms with Crippen LogP contribution in [0, 0.1) is 0 Å². The van der Waals surface area contributed by atoms with E-state index in [0.29, 0.717) is 11.9 Å². The number of piperidine rings is 1. The number of carbonyl (C=O) groups excluding carboxylic acids is 1. The van der Waals surface area contributed by atoms with Crippen LogP contribution in [0.2, 0.25) is 0 Å². The van der Waals surface area contributed by atoms with Gasteiger partial charge in [0.15, 0.2) is 5.82 Å². The molecular formula is C22H25N5O2. The second-order valence-corrected chi connectivity index (χ2v) is 7.76. The van der Waals surface area contributed by atoms with Gasteiger partial charge in [0.05, 0.1) is 0 Å². The first-order valence-electron chi connectivity index (χ1n) is 10.4. The number of benzene rings is 1. The number of carbonyl (C=O) groups is 1. The third-order valence-electron chi connectivity index (χ3n) is 5.93. The van der Waals surface area contributed by atoms with Crippen LogP contribution in [0.3, 0.4) is 0 Å². The van der Waals surface area contributed by atoms with Gasteiger partial charge < -0.3 is 18.8 Å². The molecule has 0 N–H and O–H groups in total. The van der Waals surface area contributed by atoms with Crippen LogP contribution in [-0.4, -0.2) is 56.5 Å². The highest BCUT2D eigenvalue weighted by atomic mass is 16.3. The van der Waals surface area contributed by atoms with E-state index in [0.717, 1.165) is 68.9 Å². The molecule has 4 heterocycles. The molecule has 3 aromatic rings. The molecular weight excluding hydrogens is 366 g/mol. The molecule has 29 heavy (non-hydrogen) atoms. The van der Waals surface area contributed by atoms with Gasteiger partial charge in [-0.1, -0.05) is 18.2 Å². The predicted molar refractivity (Wildman–Crippen MR) is 109 cm³/mol. The summed E-state index contributed by atoms with van der Waals surface area (Å²) in [7, 11) is 0.